The summed E-state index contributed by atoms with van der Waals surface area (Å²) in [5.74, 6) is 0.887. The normalized spacial score (nSPS) is 24.2. The fraction of sp³-hybridized carbons (Fsp3) is 0.857. The highest BCUT2D eigenvalue weighted by atomic mass is 16.5. The minimum atomic E-state index is 0.224. The lowest BCUT2D eigenvalue weighted by molar-refractivity contribution is 0.311. The second-order valence-electron chi connectivity index (χ2n) is 2.47. The molecular weight excluding hydrogens is 128 g/mol. The smallest absolute Gasteiger partial charge is 0.183 e. The maximum Gasteiger partial charge on any atom is 0.183 e. The molecule has 0 aromatic carbocycles. The van der Waals surface area contributed by atoms with Crippen LogP contribution in [-0.2, 0) is 4.74 Å². The standard InChI is InChI=1S/C7H14N2O/c1-2-3-7-9-6(4-8)5-10-7/h6H,2-5,8H2,1H3. The zero-order valence-electron chi connectivity index (χ0n) is 6.34. The fourth-order valence-corrected chi connectivity index (χ4v) is 0.942. The number of nitrogens with two attached hydrogens (primary N) is 1. The Morgan fingerprint density at radius 2 is 2.60 bits per heavy atom. The zero-order valence-corrected chi connectivity index (χ0v) is 6.34. The molecule has 0 aromatic heterocycles. The Labute approximate surface area is 61.3 Å². The van der Waals surface area contributed by atoms with Crippen LogP contribution in [0.25, 0.3) is 0 Å². The van der Waals surface area contributed by atoms with Gasteiger partial charge in [-0.25, -0.2) is 4.99 Å². The van der Waals surface area contributed by atoms with Gasteiger partial charge in [-0.05, 0) is 6.42 Å². The van der Waals surface area contributed by atoms with Gasteiger partial charge in [-0.15, -0.1) is 0 Å². The molecule has 1 aliphatic rings. The van der Waals surface area contributed by atoms with Crippen LogP contribution in [0.15, 0.2) is 4.99 Å². The molecular formula is C7H14N2O. The molecule has 0 saturated carbocycles. The summed E-state index contributed by atoms with van der Waals surface area (Å²) in [6.07, 6.45) is 2.05. The van der Waals surface area contributed by atoms with E-state index in [4.69, 9.17) is 10.5 Å². The van der Waals surface area contributed by atoms with Crippen LogP contribution in [0.5, 0.6) is 0 Å². The first kappa shape index (κ1) is 7.54. The van der Waals surface area contributed by atoms with Crippen LogP contribution in [0.1, 0.15) is 19.8 Å². The van der Waals surface area contributed by atoms with Crippen LogP contribution in [0.3, 0.4) is 0 Å². The van der Waals surface area contributed by atoms with Crippen molar-refractivity contribution < 1.29 is 4.74 Å². The lowest BCUT2D eigenvalue weighted by Crippen LogP contribution is -2.18. The number of ether oxygens (including phenoxy) is 1. The van der Waals surface area contributed by atoms with Crippen molar-refractivity contribution in [3.63, 3.8) is 0 Å². The summed E-state index contributed by atoms with van der Waals surface area (Å²) >= 11 is 0. The first-order valence-electron chi connectivity index (χ1n) is 3.76. The largest absolute Gasteiger partial charge is 0.479 e. The van der Waals surface area contributed by atoms with E-state index < -0.39 is 0 Å². The Morgan fingerprint density at radius 3 is 3.10 bits per heavy atom. The van der Waals surface area contributed by atoms with Crippen LogP contribution in [0, 0.1) is 0 Å². The zero-order chi connectivity index (χ0) is 7.40. The predicted molar refractivity (Wildman–Crippen MR) is 41.1 cm³/mol. The van der Waals surface area contributed by atoms with Crippen LogP contribution in [0.4, 0.5) is 0 Å². The molecule has 58 valence electrons. The highest BCUT2D eigenvalue weighted by molar-refractivity contribution is 5.77. The molecule has 1 unspecified atom stereocenters. The minimum Gasteiger partial charge on any atom is -0.479 e. The predicted octanol–water partition coefficient (Wildman–Crippen LogP) is 0.543. The van der Waals surface area contributed by atoms with Crippen molar-refractivity contribution in [1.82, 2.24) is 0 Å². The Hall–Kier alpha value is -0.570. The van der Waals surface area contributed by atoms with Crippen LogP contribution in [-0.4, -0.2) is 25.1 Å². The minimum absolute atomic E-state index is 0.224. The van der Waals surface area contributed by atoms with Gasteiger partial charge in [-0.3, -0.25) is 0 Å². The van der Waals surface area contributed by atoms with Gasteiger partial charge >= 0.3 is 0 Å². The SMILES string of the molecule is CCCC1=NC(CN)CO1. The molecule has 0 aromatic rings. The Morgan fingerprint density at radius 1 is 1.80 bits per heavy atom. The maximum atomic E-state index is 5.41. The molecule has 3 nitrogen and oxygen atoms in total. The second-order valence-corrected chi connectivity index (χ2v) is 2.47. The molecule has 0 bridgehead atoms. The van der Waals surface area contributed by atoms with E-state index in [-0.39, 0.29) is 6.04 Å². The topological polar surface area (TPSA) is 47.6 Å². The molecule has 0 radical (unpaired) electrons. The summed E-state index contributed by atoms with van der Waals surface area (Å²) in [6, 6.07) is 0.224. The molecule has 3 heteroatoms. The van der Waals surface area contributed by atoms with Gasteiger partial charge in [0, 0.05) is 13.0 Å². The molecule has 0 spiro atoms. The number of aliphatic imine (C=N–C) groups is 1. The first-order chi connectivity index (χ1) is 4.86. The average Bonchev–Trinajstić information content (AvgIpc) is 2.37. The second kappa shape index (κ2) is 3.56. The molecule has 0 aliphatic carbocycles. The molecule has 1 atom stereocenters. The highest BCUT2D eigenvalue weighted by Gasteiger charge is 2.15. The molecule has 1 heterocycles. The van der Waals surface area contributed by atoms with Gasteiger partial charge in [0.25, 0.3) is 0 Å². The Bertz CT molecular complexity index is 134. The number of hydrogen-bond donors (Lipinski definition) is 1. The van der Waals surface area contributed by atoms with Crippen molar-refractivity contribution in [3.05, 3.63) is 0 Å². The highest BCUT2D eigenvalue weighted by Crippen LogP contribution is 2.06. The maximum absolute atomic E-state index is 5.41. The summed E-state index contributed by atoms with van der Waals surface area (Å²) < 4.78 is 5.27. The van der Waals surface area contributed by atoms with E-state index in [0.717, 1.165) is 18.7 Å². The lowest BCUT2D eigenvalue weighted by atomic mass is 10.3. The third-order valence-electron chi connectivity index (χ3n) is 1.50. The molecule has 1 aliphatic heterocycles. The van der Waals surface area contributed by atoms with E-state index in [9.17, 15) is 0 Å². The van der Waals surface area contributed by atoms with Gasteiger partial charge in [0.2, 0.25) is 0 Å². The summed E-state index contributed by atoms with van der Waals surface area (Å²) in [4.78, 5) is 4.27. The molecule has 0 saturated heterocycles. The molecule has 1 rings (SSSR count). The van der Waals surface area contributed by atoms with Gasteiger partial charge in [0.05, 0.1) is 6.04 Å². The van der Waals surface area contributed by atoms with E-state index in [1.54, 1.807) is 0 Å². The molecule has 2 N–H and O–H groups in total. The van der Waals surface area contributed by atoms with Crippen molar-refractivity contribution >= 4 is 5.90 Å². The monoisotopic (exact) mass is 142 g/mol. The number of nitrogens with zero attached hydrogens (tertiary/aromatic N) is 1. The van der Waals surface area contributed by atoms with E-state index in [0.29, 0.717) is 13.2 Å². The Kier molecular flexibility index (Phi) is 2.68. The number of hydrogen-bond acceptors (Lipinski definition) is 3. The molecule has 0 amide bonds. The molecule has 0 fully saturated rings. The fourth-order valence-electron chi connectivity index (χ4n) is 0.942. The van der Waals surface area contributed by atoms with Crippen LogP contribution in [0.2, 0.25) is 0 Å². The summed E-state index contributed by atoms with van der Waals surface area (Å²) in [5.41, 5.74) is 5.41. The average molecular weight is 142 g/mol. The van der Waals surface area contributed by atoms with E-state index in [1.807, 2.05) is 0 Å². The van der Waals surface area contributed by atoms with Gasteiger partial charge < -0.3 is 10.5 Å². The van der Waals surface area contributed by atoms with Crippen molar-refractivity contribution in [2.75, 3.05) is 13.2 Å². The van der Waals surface area contributed by atoms with Crippen molar-refractivity contribution in [2.24, 2.45) is 10.7 Å². The summed E-state index contributed by atoms with van der Waals surface area (Å²) in [5, 5.41) is 0. The van der Waals surface area contributed by atoms with E-state index in [1.165, 1.54) is 0 Å². The first-order valence-corrected chi connectivity index (χ1v) is 3.76. The van der Waals surface area contributed by atoms with E-state index >= 15 is 0 Å². The van der Waals surface area contributed by atoms with Gasteiger partial charge in [0.15, 0.2) is 5.90 Å². The Balaban J connectivity index is 2.33. The van der Waals surface area contributed by atoms with E-state index in [2.05, 4.69) is 11.9 Å². The lowest BCUT2D eigenvalue weighted by Gasteiger charge is -1.97. The van der Waals surface area contributed by atoms with Gasteiger partial charge in [-0.1, -0.05) is 6.92 Å². The van der Waals surface area contributed by atoms with Crippen LogP contribution >= 0.6 is 0 Å². The summed E-state index contributed by atoms with van der Waals surface area (Å²) in [6.45, 7) is 3.40. The third kappa shape index (κ3) is 1.70. The van der Waals surface area contributed by atoms with Crippen molar-refractivity contribution in [1.29, 1.82) is 0 Å². The van der Waals surface area contributed by atoms with Gasteiger partial charge in [0.1, 0.15) is 6.61 Å². The van der Waals surface area contributed by atoms with Crippen molar-refractivity contribution in [2.45, 2.75) is 25.8 Å². The molecule has 10 heavy (non-hydrogen) atoms. The third-order valence-corrected chi connectivity index (χ3v) is 1.50. The van der Waals surface area contributed by atoms with Crippen molar-refractivity contribution in [3.8, 4) is 0 Å². The van der Waals surface area contributed by atoms with Crippen LogP contribution < -0.4 is 5.73 Å². The summed E-state index contributed by atoms with van der Waals surface area (Å²) in [7, 11) is 0. The quantitative estimate of drug-likeness (QED) is 0.625. The number of rotatable bonds is 3. The van der Waals surface area contributed by atoms with Gasteiger partial charge in [-0.2, -0.15) is 0 Å².